The summed E-state index contributed by atoms with van der Waals surface area (Å²) in [5.41, 5.74) is 1.88. The summed E-state index contributed by atoms with van der Waals surface area (Å²) in [7, 11) is 0. The number of carboxylic acids is 1. The molecule has 6 nitrogen and oxygen atoms in total. The quantitative estimate of drug-likeness (QED) is 0.858. The van der Waals surface area contributed by atoms with Gasteiger partial charge in [-0.2, -0.15) is 0 Å². The number of ether oxygens (including phenoxy) is 2. The van der Waals surface area contributed by atoms with E-state index in [0.717, 1.165) is 17.8 Å². The van der Waals surface area contributed by atoms with Gasteiger partial charge in [-0.25, -0.2) is 4.79 Å². The van der Waals surface area contributed by atoms with E-state index in [1.165, 1.54) is 0 Å². The molecule has 122 valence electrons. The van der Waals surface area contributed by atoms with E-state index in [1.54, 1.807) is 0 Å². The highest BCUT2D eigenvalue weighted by Gasteiger charge is 2.57. The zero-order valence-corrected chi connectivity index (χ0v) is 13.3. The smallest absolute Gasteiger partial charge is 0.333 e. The van der Waals surface area contributed by atoms with Gasteiger partial charge in [0, 0.05) is 30.5 Å². The van der Waals surface area contributed by atoms with E-state index in [-0.39, 0.29) is 5.41 Å². The third-order valence-corrected chi connectivity index (χ3v) is 4.61. The number of aliphatic imine (C=N–C) groups is 1. The molecule has 0 aliphatic carbocycles. The molecular formula is C17H20N2O4. The van der Waals surface area contributed by atoms with E-state index in [9.17, 15) is 9.90 Å². The Labute approximate surface area is 134 Å². The van der Waals surface area contributed by atoms with Crippen LogP contribution in [0.2, 0.25) is 0 Å². The summed E-state index contributed by atoms with van der Waals surface area (Å²) in [6.07, 6.45) is -0.535. The monoisotopic (exact) mass is 316 g/mol. The molecule has 0 bridgehead atoms. The van der Waals surface area contributed by atoms with Gasteiger partial charge in [0.15, 0.2) is 11.9 Å². The van der Waals surface area contributed by atoms with Crippen LogP contribution in [0.3, 0.4) is 0 Å². The Morgan fingerprint density at radius 1 is 1.39 bits per heavy atom. The predicted molar refractivity (Wildman–Crippen MR) is 84.6 cm³/mol. The van der Waals surface area contributed by atoms with E-state index >= 15 is 0 Å². The normalized spacial score (nSPS) is 31.5. The molecular weight excluding hydrogens is 296 g/mol. The molecule has 2 atom stereocenters. The minimum absolute atomic E-state index is 0.0447. The van der Waals surface area contributed by atoms with E-state index in [2.05, 4.69) is 18.7 Å². The molecule has 2 unspecified atom stereocenters. The first-order chi connectivity index (χ1) is 10.9. The molecule has 0 amide bonds. The minimum Gasteiger partial charge on any atom is -0.479 e. The summed E-state index contributed by atoms with van der Waals surface area (Å²) < 4.78 is 12.0. The average Bonchev–Trinajstić information content (AvgIpc) is 2.77. The maximum Gasteiger partial charge on any atom is 0.333 e. The van der Waals surface area contributed by atoms with Crippen LogP contribution in [-0.4, -0.2) is 42.7 Å². The van der Waals surface area contributed by atoms with Crippen molar-refractivity contribution in [3.63, 3.8) is 0 Å². The lowest BCUT2D eigenvalue weighted by Gasteiger charge is -2.41. The lowest BCUT2D eigenvalue weighted by Crippen LogP contribution is -2.55. The molecule has 1 aromatic rings. The van der Waals surface area contributed by atoms with Crippen molar-refractivity contribution >= 4 is 17.5 Å². The van der Waals surface area contributed by atoms with Gasteiger partial charge >= 0.3 is 5.97 Å². The molecule has 3 heterocycles. The number of rotatable bonds is 1. The maximum atomic E-state index is 11.4. The van der Waals surface area contributed by atoms with Crippen molar-refractivity contribution in [1.29, 1.82) is 0 Å². The van der Waals surface area contributed by atoms with Crippen LogP contribution in [-0.2, 0) is 20.1 Å². The molecule has 3 aliphatic rings. The predicted octanol–water partition coefficient (Wildman–Crippen LogP) is 1.99. The zero-order chi connectivity index (χ0) is 16.2. The summed E-state index contributed by atoms with van der Waals surface area (Å²) in [5.74, 6) is -1.46. The lowest BCUT2D eigenvalue weighted by molar-refractivity contribution is -0.259. The molecule has 1 saturated heterocycles. The highest BCUT2D eigenvalue weighted by molar-refractivity contribution is 6.10. The Morgan fingerprint density at radius 2 is 2.17 bits per heavy atom. The van der Waals surface area contributed by atoms with Crippen molar-refractivity contribution in [3.05, 3.63) is 29.8 Å². The van der Waals surface area contributed by atoms with E-state index < -0.39 is 17.9 Å². The summed E-state index contributed by atoms with van der Waals surface area (Å²) in [4.78, 5) is 18.3. The maximum absolute atomic E-state index is 11.4. The molecule has 1 N–H and O–H groups in total. The molecule has 4 rings (SSSR count). The van der Waals surface area contributed by atoms with Crippen LogP contribution < -0.4 is 4.90 Å². The number of aliphatic carboxylic acids is 1. The van der Waals surface area contributed by atoms with Crippen LogP contribution in [0.5, 0.6) is 0 Å². The van der Waals surface area contributed by atoms with Gasteiger partial charge in [0.1, 0.15) is 0 Å². The van der Waals surface area contributed by atoms with E-state index in [4.69, 9.17) is 14.5 Å². The first kappa shape index (κ1) is 14.7. The Bertz CT molecular complexity index is 700. The number of para-hydroxylation sites is 1. The number of hydrogen-bond donors (Lipinski definition) is 1. The number of carbonyl (C=O) groups is 1. The third kappa shape index (κ3) is 2.09. The van der Waals surface area contributed by atoms with E-state index in [0.29, 0.717) is 25.4 Å². The van der Waals surface area contributed by atoms with Gasteiger partial charge in [-0.15, -0.1) is 0 Å². The second-order valence-electron chi connectivity index (χ2n) is 7.11. The lowest BCUT2D eigenvalue weighted by atomic mass is 9.91. The minimum atomic E-state index is -1.19. The van der Waals surface area contributed by atoms with Gasteiger partial charge in [-0.1, -0.05) is 32.0 Å². The van der Waals surface area contributed by atoms with Crippen molar-refractivity contribution in [3.8, 4) is 0 Å². The fraction of sp³-hybridized carbons (Fsp3) is 0.529. The number of fused-ring (bicyclic) bond motifs is 5. The van der Waals surface area contributed by atoms with Gasteiger partial charge in [-0.3, -0.25) is 4.99 Å². The number of hydrogen-bond acceptors (Lipinski definition) is 5. The highest BCUT2D eigenvalue weighted by atomic mass is 16.7. The Hall–Kier alpha value is -1.92. The van der Waals surface area contributed by atoms with Crippen molar-refractivity contribution in [2.75, 3.05) is 24.6 Å². The van der Waals surface area contributed by atoms with Crippen LogP contribution in [0.25, 0.3) is 0 Å². The second-order valence-corrected chi connectivity index (χ2v) is 7.11. The number of anilines is 1. The Kier molecular flexibility index (Phi) is 3.05. The first-order valence-electron chi connectivity index (χ1n) is 7.90. The molecule has 1 aromatic carbocycles. The van der Waals surface area contributed by atoms with Crippen molar-refractivity contribution in [2.24, 2.45) is 10.4 Å². The first-order valence-corrected chi connectivity index (χ1v) is 7.90. The third-order valence-electron chi connectivity index (χ3n) is 4.61. The molecule has 0 radical (unpaired) electrons. The van der Waals surface area contributed by atoms with Gasteiger partial charge < -0.3 is 19.5 Å². The number of nitrogens with zero attached hydrogens (tertiary/aromatic N) is 2. The molecule has 1 spiro atoms. The molecule has 3 aliphatic heterocycles. The Morgan fingerprint density at radius 3 is 2.96 bits per heavy atom. The summed E-state index contributed by atoms with van der Waals surface area (Å²) in [6, 6.07) is 7.84. The molecule has 0 saturated carbocycles. The average molecular weight is 316 g/mol. The van der Waals surface area contributed by atoms with Crippen molar-refractivity contribution in [1.82, 2.24) is 0 Å². The Balaban J connectivity index is 1.86. The second kappa shape index (κ2) is 4.79. The molecule has 6 heteroatoms. The fourth-order valence-corrected chi connectivity index (χ4v) is 3.55. The van der Waals surface area contributed by atoms with Crippen molar-refractivity contribution < 1.29 is 19.4 Å². The zero-order valence-electron chi connectivity index (χ0n) is 13.3. The van der Waals surface area contributed by atoms with Gasteiger partial charge in [0.05, 0.1) is 12.3 Å². The van der Waals surface area contributed by atoms with Crippen LogP contribution >= 0.6 is 0 Å². The van der Waals surface area contributed by atoms with Crippen LogP contribution in [0, 0.1) is 5.41 Å². The largest absolute Gasteiger partial charge is 0.479 e. The summed E-state index contributed by atoms with van der Waals surface area (Å²) in [5, 5.41) is 9.38. The number of benzene rings is 1. The van der Waals surface area contributed by atoms with E-state index in [1.807, 2.05) is 24.3 Å². The number of carboxylic acid groups (broad SMARTS) is 1. The standard InChI is InChI=1S/C17H20N2O4/c1-16(2)9-18-15-17(22-8-7-13(23-17)14(20)21)11-5-3-4-6-12(11)19(15)10-16/h3-6,13H,7-10H2,1-2H3,(H,20,21). The number of amidine groups is 1. The molecule has 0 aromatic heterocycles. The fourth-order valence-electron chi connectivity index (χ4n) is 3.55. The molecule has 23 heavy (non-hydrogen) atoms. The topological polar surface area (TPSA) is 71.4 Å². The van der Waals surface area contributed by atoms with Crippen LogP contribution in [0.15, 0.2) is 29.3 Å². The van der Waals surface area contributed by atoms with Gasteiger partial charge in [-0.05, 0) is 6.07 Å². The molecule has 1 fully saturated rings. The SMILES string of the molecule is CC1(C)CN=C2N(C1)c1ccccc1C21OCCC(C(=O)O)O1. The highest BCUT2D eigenvalue weighted by Crippen LogP contribution is 2.49. The van der Waals surface area contributed by atoms with Crippen molar-refractivity contribution in [2.45, 2.75) is 32.2 Å². The van der Waals surface area contributed by atoms with Crippen LogP contribution in [0.4, 0.5) is 5.69 Å². The van der Waals surface area contributed by atoms with Gasteiger partial charge in [0.2, 0.25) is 0 Å². The summed E-state index contributed by atoms with van der Waals surface area (Å²) in [6.45, 7) is 6.14. The van der Waals surface area contributed by atoms with Gasteiger partial charge in [0.25, 0.3) is 5.79 Å². The van der Waals surface area contributed by atoms with Crippen LogP contribution in [0.1, 0.15) is 25.8 Å². The summed E-state index contributed by atoms with van der Waals surface area (Å²) >= 11 is 0.